The Morgan fingerprint density at radius 3 is 2.37 bits per heavy atom. The van der Waals surface area contributed by atoms with Crippen molar-refractivity contribution >= 4 is 75.4 Å². The fraction of sp³-hybridized carbons (Fsp3) is 0.115. The molecule has 0 unspecified atom stereocenters. The topological polar surface area (TPSA) is 75.7 Å². The van der Waals surface area contributed by atoms with Gasteiger partial charge < -0.3 is 4.74 Å². The molecule has 35 heavy (non-hydrogen) atoms. The number of ether oxygens (including phenoxy) is 1. The Morgan fingerprint density at radius 2 is 1.69 bits per heavy atom. The van der Waals surface area contributed by atoms with Gasteiger partial charge in [0.15, 0.2) is 0 Å². The van der Waals surface area contributed by atoms with Crippen molar-refractivity contribution in [2.24, 2.45) is 0 Å². The van der Waals surface area contributed by atoms with E-state index in [2.05, 4.69) is 27.9 Å². The highest BCUT2D eigenvalue weighted by atomic mass is 127. The smallest absolute Gasteiger partial charge is 0.335 e. The Bertz CT molecular complexity index is 1370. The lowest BCUT2D eigenvalue weighted by atomic mass is 10.0. The van der Waals surface area contributed by atoms with Crippen LogP contribution >= 0.6 is 45.8 Å². The molecule has 1 aliphatic rings. The second kappa shape index (κ2) is 10.8. The predicted octanol–water partition coefficient (Wildman–Crippen LogP) is 6.25. The predicted molar refractivity (Wildman–Crippen MR) is 145 cm³/mol. The molecule has 9 heteroatoms. The number of nitrogens with one attached hydrogen (secondary N) is 1. The van der Waals surface area contributed by atoms with Gasteiger partial charge in [0.05, 0.1) is 17.3 Å². The molecule has 0 spiro atoms. The first-order valence-corrected chi connectivity index (χ1v) is 12.5. The van der Waals surface area contributed by atoms with E-state index in [1.807, 2.05) is 37.3 Å². The van der Waals surface area contributed by atoms with Crippen LogP contribution in [0.15, 0.2) is 66.2 Å². The summed E-state index contributed by atoms with van der Waals surface area (Å²) in [5, 5.41) is 3.08. The van der Waals surface area contributed by atoms with Gasteiger partial charge in [0, 0.05) is 20.6 Å². The van der Waals surface area contributed by atoms with Crippen molar-refractivity contribution in [3.8, 4) is 5.75 Å². The molecule has 0 atom stereocenters. The van der Waals surface area contributed by atoms with Crippen LogP contribution in [0.2, 0.25) is 10.0 Å². The molecule has 1 heterocycles. The Labute approximate surface area is 226 Å². The fourth-order valence-corrected chi connectivity index (χ4v) is 4.92. The first-order valence-electron chi connectivity index (χ1n) is 10.6. The van der Waals surface area contributed by atoms with Crippen molar-refractivity contribution < 1.29 is 19.1 Å². The van der Waals surface area contributed by atoms with E-state index in [4.69, 9.17) is 27.9 Å². The van der Waals surface area contributed by atoms with Gasteiger partial charge in [-0.05, 0) is 77.0 Å². The van der Waals surface area contributed by atoms with Crippen molar-refractivity contribution in [1.29, 1.82) is 0 Å². The zero-order valence-electron chi connectivity index (χ0n) is 18.5. The number of carbonyl (C=O) groups is 3. The maximum Gasteiger partial charge on any atom is 0.335 e. The molecule has 0 bridgehead atoms. The van der Waals surface area contributed by atoms with Crippen LogP contribution in [0.1, 0.15) is 23.6 Å². The van der Waals surface area contributed by atoms with Crippen LogP contribution in [0.25, 0.3) is 6.08 Å². The maximum absolute atomic E-state index is 13.2. The Balaban J connectivity index is 1.74. The highest BCUT2D eigenvalue weighted by molar-refractivity contribution is 14.1. The van der Waals surface area contributed by atoms with Crippen LogP contribution in [0, 0.1) is 3.57 Å². The van der Waals surface area contributed by atoms with E-state index in [0.717, 1.165) is 19.6 Å². The zero-order chi connectivity index (χ0) is 25.1. The summed E-state index contributed by atoms with van der Waals surface area (Å²) in [6.45, 7) is 2.31. The minimum atomic E-state index is -0.857. The van der Waals surface area contributed by atoms with Crippen molar-refractivity contribution in [2.45, 2.75) is 13.3 Å². The van der Waals surface area contributed by atoms with Crippen molar-refractivity contribution in [3.05, 3.63) is 96.5 Å². The molecule has 3 aromatic rings. The number of imide groups is 2. The van der Waals surface area contributed by atoms with Gasteiger partial charge in [-0.25, -0.2) is 9.69 Å². The summed E-state index contributed by atoms with van der Waals surface area (Å²) in [5.41, 5.74) is 2.47. The molecule has 4 rings (SSSR count). The van der Waals surface area contributed by atoms with Crippen LogP contribution < -0.4 is 15.0 Å². The van der Waals surface area contributed by atoms with Crippen LogP contribution in [-0.2, 0) is 16.0 Å². The number of benzene rings is 3. The minimum Gasteiger partial charge on any atom is -0.494 e. The van der Waals surface area contributed by atoms with Crippen LogP contribution in [-0.4, -0.2) is 24.5 Å². The number of para-hydroxylation sites is 1. The molecule has 1 saturated heterocycles. The monoisotopic (exact) mass is 620 g/mol. The van der Waals surface area contributed by atoms with E-state index in [0.29, 0.717) is 29.4 Å². The van der Waals surface area contributed by atoms with Crippen LogP contribution in [0.4, 0.5) is 10.5 Å². The molecule has 1 N–H and O–H groups in total. The van der Waals surface area contributed by atoms with Gasteiger partial charge >= 0.3 is 6.03 Å². The number of amides is 4. The summed E-state index contributed by atoms with van der Waals surface area (Å²) >= 11 is 14.8. The number of urea groups is 1. The molecular weight excluding hydrogens is 602 g/mol. The third-order valence-electron chi connectivity index (χ3n) is 5.31. The fourth-order valence-electron chi connectivity index (χ4n) is 3.68. The average molecular weight is 621 g/mol. The molecule has 178 valence electrons. The molecular formula is C26H19Cl2IN2O4. The lowest BCUT2D eigenvalue weighted by molar-refractivity contribution is -0.122. The van der Waals surface area contributed by atoms with Gasteiger partial charge in [-0.3, -0.25) is 14.9 Å². The average Bonchev–Trinajstić information content (AvgIpc) is 2.81. The number of hydrogen-bond acceptors (Lipinski definition) is 4. The third-order valence-corrected chi connectivity index (χ3v) is 6.96. The number of nitrogens with zero attached hydrogens (tertiary/aromatic N) is 1. The standard InChI is InChI=1S/C26H19Cl2IN2O4/c1-2-35-23-13-15(12-21(29)17(23)14-16-7-3-4-8-19(16)27)11-18-24(32)30-26(34)31(25(18)33)22-10-6-5-9-20(22)28/h3-13H,2,14H2,1H3,(H,30,32,34)/b18-11+. The van der Waals surface area contributed by atoms with Gasteiger partial charge in [0.1, 0.15) is 11.3 Å². The summed E-state index contributed by atoms with van der Waals surface area (Å²) in [5.74, 6) is -0.926. The summed E-state index contributed by atoms with van der Waals surface area (Å²) in [6, 6.07) is 16.8. The Hall–Kier alpha value is -2.88. The molecule has 0 saturated carbocycles. The molecule has 1 aliphatic heterocycles. The van der Waals surface area contributed by atoms with E-state index < -0.39 is 17.8 Å². The lowest BCUT2D eigenvalue weighted by Gasteiger charge is -2.27. The van der Waals surface area contributed by atoms with Gasteiger partial charge in [-0.2, -0.15) is 0 Å². The van der Waals surface area contributed by atoms with Gasteiger partial charge in [-0.1, -0.05) is 53.5 Å². The van der Waals surface area contributed by atoms with E-state index in [1.165, 1.54) is 12.1 Å². The van der Waals surface area contributed by atoms with Gasteiger partial charge in [0.25, 0.3) is 11.8 Å². The molecule has 1 fully saturated rings. The van der Waals surface area contributed by atoms with E-state index in [1.54, 1.807) is 24.3 Å². The van der Waals surface area contributed by atoms with Crippen molar-refractivity contribution in [3.63, 3.8) is 0 Å². The van der Waals surface area contributed by atoms with Crippen LogP contribution in [0.3, 0.4) is 0 Å². The number of anilines is 1. The normalized spacial score (nSPS) is 14.9. The molecule has 0 radical (unpaired) electrons. The van der Waals surface area contributed by atoms with E-state index in [9.17, 15) is 14.4 Å². The first kappa shape index (κ1) is 25.2. The van der Waals surface area contributed by atoms with Gasteiger partial charge in [0.2, 0.25) is 0 Å². The van der Waals surface area contributed by atoms with Crippen molar-refractivity contribution in [2.75, 3.05) is 11.5 Å². The summed E-state index contributed by atoms with van der Waals surface area (Å²) in [7, 11) is 0. The lowest BCUT2D eigenvalue weighted by Crippen LogP contribution is -2.54. The van der Waals surface area contributed by atoms with Gasteiger partial charge in [-0.15, -0.1) is 0 Å². The van der Waals surface area contributed by atoms with Crippen molar-refractivity contribution in [1.82, 2.24) is 5.32 Å². The quantitative estimate of drug-likeness (QED) is 0.201. The minimum absolute atomic E-state index is 0.190. The maximum atomic E-state index is 13.2. The molecule has 0 aromatic heterocycles. The van der Waals surface area contributed by atoms with E-state index >= 15 is 0 Å². The number of rotatable bonds is 6. The zero-order valence-corrected chi connectivity index (χ0v) is 22.1. The second-order valence-corrected chi connectivity index (χ2v) is 9.57. The summed E-state index contributed by atoms with van der Waals surface area (Å²) in [4.78, 5) is 39.1. The third kappa shape index (κ3) is 5.37. The number of barbiturate groups is 1. The summed E-state index contributed by atoms with van der Waals surface area (Å²) in [6.07, 6.45) is 2.00. The summed E-state index contributed by atoms with van der Waals surface area (Å²) < 4.78 is 6.77. The number of hydrogen-bond donors (Lipinski definition) is 1. The van der Waals surface area contributed by atoms with E-state index in [-0.39, 0.29) is 16.3 Å². The number of halogens is 3. The Kier molecular flexibility index (Phi) is 7.78. The highest BCUT2D eigenvalue weighted by Crippen LogP contribution is 2.33. The SMILES string of the molecule is CCOc1cc(/C=C2\C(=O)NC(=O)N(c3ccccc3Cl)C2=O)cc(I)c1Cc1ccccc1Cl. The molecule has 4 amide bonds. The molecule has 0 aliphatic carbocycles. The highest BCUT2D eigenvalue weighted by Gasteiger charge is 2.37. The number of carbonyl (C=O) groups excluding carboxylic acids is 3. The largest absolute Gasteiger partial charge is 0.494 e. The molecule has 6 nitrogen and oxygen atoms in total. The second-order valence-electron chi connectivity index (χ2n) is 7.59. The molecule has 3 aromatic carbocycles. The first-order chi connectivity index (χ1) is 16.8. The van der Waals surface area contributed by atoms with Crippen LogP contribution in [0.5, 0.6) is 5.75 Å². The Morgan fingerprint density at radius 1 is 1.00 bits per heavy atom.